The smallest absolute Gasteiger partial charge is 0.251 e. The minimum Gasteiger partial charge on any atom is -0.393 e. The Hall–Kier alpha value is -2.71. The molecule has 1 aliphatic heterocycles. The Morgan fingerprint density at radius 1 is 1.11 bits per heavy atom. The third-order valence-corrected chi connectivity index (χ3v) is 7.33. The number of aliphatic hydroxyl groups is 1. The Bertz CT molecular complexity index is 1060. The number of alkyl halides is 1. The van der Waals surface area contributed by atoms with Gasteiger partial charge in [0.1, 0.15) is 12.0 Å². The highest BCUT2D eigenvalue weighted by Gasteiger charge is 2.25. The molecule has 2 N–H and O–H groups in total. The van der Waals surface area contributed by atoms with E-state index in [9.17, 15) is 9.50 Å². The van der Waals surface area contributed by atoms with Crippen LogP contribution in [0.25, 0.3) is 11.3 Å². The quantitative estimate of drug-likeness (QED) is 0.617. The van der Waals surface area contributed by atoms with Crippen LogP contribution in [0, 0.1) is 5.92 Å². The minimum absolute atomic E-state index is 0.104. The lowest BCUT2D eigenvalue weighted by molar-refractivity contribution is 0.126. The van der Waals surface area contributed by atoms with E-state index in [1.54, 1.807) is 12.3 Å². The maximum absolute atomic E-state index is 14.7. The van der Waals surface area contributed by atoms with E-state index in [1.165, 1.54) is 18.4 Å². The van der Waals surface area contributed by atoms with Gasteiger partial charge in [0.15, 0.2) is 0 Å². The van der Waals surface area contributed by atoms with Crippen LogP contribution in [0.2, 0.25) is 0 Å². The van der Waals surface area contributed by atoms with Gasteiger partial charge in [0.05, 0.1) is 23.1 Å². The highest BCUT2D eigenvalue weighted by atomic mass is 19.1. The number of aliphatic hydroxyl groups excluding tert-OH is 1. The number of hydrogen-bond donors (Lipinski definition) is 2. The fourth-order valence-electron chi connectivity index (χ4n) is 5.13. The van der Waals surface area contributed by atoms with E-state index in [1.807, 2.05) is 25.3 Å². The van der Waals surface area contributed by atoms with Crippen LogP contribution < -0.4 is 5.32 Å². The Kier molecular flexibility index (Phi) is 7.48. The third kappa shape index (κ3) is 5.93. The van der Waals surface area contributed by atoms with Crippen LogP contribution in [0.15, 0.2) is 41.7 Å². The average molecular weight is 479 g/mol. The molecule has 1 saturated heterocycles. The molecule has 0 radical (unpaired) electrons. The number of pyridine rings is 1. The second kappa shape index (κ2) is 10.9. The van der Waals surface area contributed by atoms with Crippen LogP contribution in [-0.4, -0.2) is 62.1 Å². The summed E-state index contributed by atoms with van der Waals surface area (Å²) in [5, 5.41) is 13.4. The van der Waals surface area contributed by atoms with E-state index in [-0.39, 0.29) is 24.0 Å². The van der Waals surface area contributed by atoms with Gasteiger partial charge < -0.3 is 10.4 Å². The Labute approximate surface area is 206 Å². The van der Waals surface area contributed by atoms with Gasteiger partial charge in [-0.25, -0.2) is 14.4 Å². The molecule has 2 aliphatic carbocycles. The van der Waals surface area contributed by atoms with E-state index >= 15 is 0 Å². The predicted octanol–water partition coefficient (Wildman–Crippen LogP) is 4.86. The van der Waals surface area contributed by atoms with Gasteiger partial charge in [-0.05, 0) is 81.7 Å². The van der Waals surface area contributed by atoms with Crippen molar-refractivity contribution >= 4 is 17.5 Å². The number of halogens is 1. The van der Waals surface area contributed by atoms with Crippen LogP contribution in [0.3, 0.4) is 0 Å². The number of likely N-dealkylation sites (tertiary alicyclic amines) is 1. The molecule has 0 aromatic carbocycles. The van der Waals surface area contributed by atoms with Crippen molar-refractivity contribution < 1.29 is 9.50 Å². The second-order valence-electron chi connectivity index (χ2n) is 10.2. The van der Waals surface area contributed by atoms with Gasteiger partial charge in [0.25, 0.3) is 5.95 Å². The highest BCUT2D eigenvalue weighted by Crippen LogP contribution is 2.30. The number of allylic oxidation sites excluding steroid dienone is 2. The zero-order chi connectivity index (χ0) is 24.2. The van der Waals surface area contributed by atoms with Crippen LogP contribution >= 0.6 is 0 Å². The zero-order valence-corrected chi connectivity index (χ0v) is 20.4. The molecular weight excluding hydrogens is 443 g/mol. The summed E-state index contributed by atoms with van der Waals surface area (Å²) in [5.74, 6) is 0.797. The van der Waals surface area contributed by atoms with Crippen molar-refractivity contribution in [1.29, 1.82) is 0 Å². The molecule has 1 saturated carbocycles. The van der Waals surface area contributed by atoms with Crippen molar-refractivity contribution in [2.24, 2.45) is 10.9 Å². The topological polar surface area (TPSA) is 86.5 Å². The summed E-state index contributed by atoms with van der Waals surface area (Å²) in [6, 6.07) is 4.34. The predicted molar refractivity (Wildman–Crippen MR) is 137 cm³/mol. The number of nitrogens with one attached hydrogen (secondary N) is 1. The van der Waals surface area contributed by atoms with Gasteiger partial charge in [-0.3, -0.25) is 9.88 Å². The molecule has 3 heterocycles. The minimum atomic E-state index is -1.12. The molecule has 2 fully saturated rings. The van der Waals surface area contributed by atoms with Gasteiger partial charge in [0.2, 0.25) is 0 Å². The Morgan fingerprint density at radius 3 is 2.66 bits per heavy atom. The van der Waals surface area contributed by atoms with Crippen molar-refractivity contribution in [3.8, 4) is 11.3 Å². The molecule has 0 amide bonds. The monoisotopic (exact) mass is 478 g/mol. The number of hydrogen-bond acceptors (Lipinski definition) is 7. The summed E-state index contributed by atoms with van der Waals surface area (Å²) < 4.78 is 14.7. The first-order chi connectivity index (χ1) is 17.0. The van der Waals surface area contributed by atoms with Gasteiger partial charge >= 0.3 is 0 Å². The average Bonchev–Trinajstić information content (AvgIpc) is 3.37. The third-order valence-electron chi connectivity index (χ3n) is 7.33. The summed E-state index contributed by atoms with van der Waals surface area (Å²) in [6.45, 7) is 5.11. The van der Waals surface area contributed by atoms with Crippen molar-refractivity contribution in [3.05, 3.63) is 42.2 Å². The van der Waals surface area contributed by atoms with Crippen LogP contribution in [0.1, 0.15) is 57.4 Å². The molecule has 2 aromatic heterocycles. The molecule has 2 atom stereocenters. The molecule has 2 unspecified atom stereocenters. The highest BCUT2D eigenvalue weighted by molar-refractivity contribution is 6.00. The number of anilines is 1. The summed E-state index contributed by atoms with van der Waals surface area (Å²) in [4.78, 5) is 20.8. The van der Waals surface area contributed by atoms with Gasteiger partial charge in [-0.1, -0.05) is 19.1 Å². The van der Waals surface area contributed by atoms with E-state index in [2.05, 4.69) is 26.3 Å². The van der Waals surface area contributed by atoms with E-state index in [4.69, 9.17) is 9.97 Å². The molecule has 35 heavy (non-hydrogen) atoms. The van der Waals surface area contributed by atoms with Crippen LogP contribution in [-0.2, 0) is 6.54 Å². The molecule has 8 heteroatoms. The number of rotatable bonds is 6. The maximum Gasteiger partial charge on any atom is 0.251 e. The number of nitrogens with zero attached hydrogens (tertiary/aromatic N) is 5. The zero-order valence-electron chi connectivity index (χ0n) is 20.4. The van der Waals surface area contributed by atoms with Crippen molar-refractivity contribution in [3.63, 3.8) is 0 Å². The summed E-state index contributed by atoms with van der Waals surface area (Å²) in [5.41, 5.74) is 3.16. The fraction of sp³-hybridized carbons (Fsp3) is 0.556. The molecule has 7 nitrogen and oxygen atoms in total. The molecule has 0 bridgehead atoms. The van der Waals surface area contributed by atoms with Crippen LogP contribution in [0.4, 0.5) is 16.2 Å². The summed E-state index contributed by atoms with van der Waals surface area (Å²) >= 11 is 0. The lowest BCUT2D eigenvalue weighted by Crippen LogP contribution is -2.29. The van der Waals surface area contributed by atoms with Gasteiger partial charge in [-0.2, -0.15) is 4.98 Å². The largest absolute Gasteiger partial charge is 0.393 e. The second-order valence-corrected chi connectivity index (χ2v) is 10.2. The fourth-order valence-corrected chi connectivity index (χ4v) is 5.13. The molecule has 0 spiro atoms. The standard InChI is InChI=1S/C27H35FN6O/c1-18-5-4-6-24(25(18)28)32-27-30-16-22(26(33-27)31-20-8-10-21(35)11-9-20)23-12-7-19(15-29-23)17-34-13-2-3-14-34/h4,6-7,12,15-16,18,20-21,25,35H,2-3,5,8-11,13-14,17H2,1H3,(H,30,31,33). The van der Waals surface area contributed by atoms with Gasteiger partial charge in [-0.15, -0.1) is 0 Å². The van der Waals surface area contributed by atoms with Crippen molar-refractivity contribution in [1.82, 2.24) is 19.9 Å². The maximum atomic E-state index is 14.7. The Balaban J connectivity index is 1.41. The Morgan fingerprint density at radius 2 is 1.91 bits per heavy atom. The summed E-state index contributed by atoms with van der Waals surface area (Å²) in [7, 11) is 0. The molecular formula is C27H35FN6O. The molecule has 2 aromatic rings. The number of aromatic nitrogens is 3. The van der Waals surface area contributed by atoms with Crippen molar-refractivity contribution in [2.45, 2.75) is 76.7 Å². The van der Waals surface area contributed by atoms with Crippen LogP contribution in [0.5, 0.6) is 0 Å². The first-order valence-corrected chi connectivity index (χ1v) is 12.9. The first kappa shape index (κ1) is 24.0. The van der Waals surface area contributed by atoms with E-state index < -0.39 is 6.17 Å². The van der Waals surface area contributed by atoms with Gasteiger partial charge in [0, 0.05) is 25.0 Å². The number of aliphatic imine (C=N–C) groups is 1. The van der Waals surface area contributed by atoms with Crippen molar-refractivity contribution in [2.75, 3.05) is 18.4 Å². The normalized spacial score (nSPS) is 28.5. The first-order valence-electron chi connectivity index (χ1n) is 12.9. The lowest BCUT2D eigenvalue weighted by Gasteiger charge is -2.27. The molecule has 3 aliphatic rings. The SMILES string of the molecule is CC1CC=CC(=Nc2ncc(-c3ccc(CN4CCCC4)cn3)c(NC3CCC(O)CC3)n2)C1F. The summed E-state index contributed by atoms with van der Waals surface area (Å²) in [6.07, 6.45) is 12.5. The molecule has 5 rings (SSSR count). The lowest BCUT2D eigenvalue weighted by atomic mass is 9.93. The molecule has 186 valence electrons. The van der Waals surface area contributed by atoms with E-state index in [0.29, 0.717) is 18.0 Å². The van der Waals surface area contributed by atoms with E-state index in [0.717, 1.165) is 56.6 Å².